The molecule has 0 radical (unpaired) electrons. The first-order chi connectivity index (χ1) is 8.72. The largest absolute Gasteiger partial charge is 0.460 e. The van der Waals surface area contributed by atoms with Crippen molar-refractivity contribution in [1.29, 1.82) is 5.26 Å². The molecule has 1 saturated carbocycles. The van der Waals surface area contributed by atoms with E-state index in [4.69, 9.17) is 10.00 Å². The predicted molar refractivity (Wildman–Crippen MR) is 68.1 cm³/mol. The van der Waals surface area contributed by atoms with Crippen LogP contribution in [0.4, 0.5) is 0 Å². The van der Waals surface area contributed by atoms with Crippen molar-refractivity contribution in [3.05, 3.63) is 17.5 Å². The fourth-order valence-corrected chi connectivity index (χ4v) is 2.58. The summed E-state index contributed by atoms with van der Waals surface area (Å²) in [5.74, 6) is 0.591. The number of hydrogen-bond donors (Lipinski definition) is 0. The van der Waals surface area contributed by atoms with Crippen LogP contribution in [0.25, 0.3) is 0 Å². The van der Waals surface area contributed by atoms with E-state index in [9.17, 15) is 0 Å². The van der Waals surface area contributed by atoms with Crippen LogP contribution in [0.15, 0.2) is 6.07 Å². The highest BCUT2D eigenvalue weighted by Gasteiger charge is 2.26. The van der Waals surface area contributed by atoms with Gasteiger partial charge in [0.15, 0.2) is 0 Å². The van der Waals surface area contributed by atoms with Crippen LogP contribution in [0, 0.1) is 24.2 Å². The van der Waals surface area contributed by atoms with Gasteiger partial charge < -0.3 is 4.74 Å². The maximum Gasteiger partial charge on any atom is 0.318 e. The maximum atomic E-state index is 8.89. The first-order valence-corrected chi connectivity index (χ1v) is 6.65. The number of aromatic nitrogens is 2. The third-order valence-electron chi connectivity index (χ3n) is 3.57. The fourth-order valence-electron chi connectivity index (χ4n) is 2.58. The van der Waals surface area contributed by atoms with Crippen molar-refractivity contribution in [2.45, 2.75) is 52.1 Å². The van der Waals surface area contributed by atoms with Crippen molar-refractivity contribution >= 4 is 0 Å². The van der Waals surface area contributed by atoms with Crippen LogP contribution in [-0.4, -0.2) is 16.1 Å². The Morgan fingerprint density at radius 3 is 2.89 bits per heavy atom. The molecule has 0 aliphatic heterocycles. The van der Waals surface area contributed by atoms with E-state index in [0.717, 1.165) is 18.5 Å². The van der Waals surface area contributed by atoms with Gasteiger partial charge in [0.25, 0.3) is 0 Å². The second kappa shape index (κ2) is 5.81. The van der Waals surface area contributed by atoms with Crippen molar-refractivity contribution in [2.75, 3.05) is 0 Å². The molecule has 0 saturated heterocycles. The molecule has 96 valence electrons. The summed E-state index contributed by atoms with van der Waals surface area (Å²) in [6.45, 7) is 4.05. The van der Waals surface area contributed by atoms with Gasteiger partial charge in [0.05, 0.1) is 0 Å². The van der Waals surface area contributed by atoms with Gasteiger partial charge in [0.1, 0.15) is 17.9 Å². The third kappa shape index (κ3) is 2.98. The van der Waals surface area contributed by atoms with Crippen molar-refractivity contribution in [3.63, 3.8) is 0 Å². The quantitative estimate of drug-likeness (QED) is 0.821. The summed E-state index contributed by atoms with van der Waals surface area (Å²) in [6.07, 6.45) is 6.11. The van der Waals surface area contributed by atoms with Crippen molar-refractivity contribution in [2.24, 2.45) is 5.92 Å². The molecule has 0 bridgehead atoms. The molecular weight excluding hydrogens is 226 g/mol. The summed E-state index contributed by atoms with van der Waals surface area (Å²) < 4.78 is 5.91. The van der Waals surface area contributed by atoms with Gasteiger partial charge >= 0.3 is 6.01 Å². The first kappa shape index (κ1) is 12.8. The van der Waals surface area contributed by atoms with Crippen LogP contribution >= 0.6 is 0 Å². The minimum absolute atomic E-state index is 0.206. The highest BCUT2D eigenvalue weighted by atomic mass is 16.5. The Balaban J connectivity index is 2.12. The van der Waals surface area contributed by atoms with Gasteiger partial charge in [-0.3, -0.25) is 0 Å². The summed E-state index contributed by atoms with van der Waals surface area (Å²) in [6, 6.07) is 4.07. The molecule has 1 fully saturated rings. The maximum absolute atomic E-state index is 8.89. The van der Waals surface area contributed by atoms with Gasteiger partial charge in [0.2, 0.25) is 0 Å². The lowest BCUT2D eigenvalue weighted by Crippen LogP contribution is -2.30. The summed E-state index contributed by atoms with van der Waals surface area (Å²) >= 11 is 0. The van der Waals surface area contributed by atoms with Gasteiger partial charge in [-0.1, -0.05) is 13.3 Å². The fraction of sp³-hybridized carbons (Fsp3) is 0.643. The standard InChI is InChI=1S/C14H19N3O/c1-3-11-6-4-5-7-13(11)18-14-16-10(2)8-12(9-15)17-14/h8,11,13H,3-7H2,1-2H3. The molecule has 1 aromatic rings. The van der Waals surface area contributed by atoms with Crippen molar-refractivity contribution in [1.82, 2.24) is 9.97 Å². The Kier molecular flexibility index (Phi) is 4.14. The Labute approximate surface area is 108 Å². The molecule has 0 amide bonds. The molecule has 2 unspecified atom stereocenters. The number of hydrogen-bond acceptors (Lipinski definition) is 4. The monoisotopic (exact) mass is 245 g/mol. The predicted octanol–water partition coefficient (Wildman–Crippen LogP) is 3.00. The van der Waals surface area contributed by atoms with Crippen LogP contribution in [0.3, 0.4) is 0 Å². The average Bonchev–Trinajstić information content (AvgIpc) is 2.38. The normalized spacial score (nSPS) is 23.4. The van der Waals surface area contributed by atoms with Crippen molar-refractivity contribution < 1.29 is 4.74 Å². The molecule has 4 nitrogen and oxygen atoms in total. The van der Waals surface area contributed by atoms with E-state index in [2.05, 4.69) is 16.9 Å². The van der Waals surface area contributed by atoms with Crippen LogP contribution in [0.1, 0.15) is 50.4 Å². The summed E-state index contributed by atoms with van der Waals surface area (Å²) in [7, 11) is 0. The van der Waals surface area contributed by atoms with Crippen LogP contribution in [0.2, 0.25) is 0 Å². The van der Waals surface area contributed by atoms with Crippen LogP contribution in [0.5, 0.6) is 6.01 Å². The Hall–Kier alpha value is -1.63. The second-order valence-corrected chi connectivity index (χ2v) is 4.90. The van der Waals surface area contributed by atoms with E-state index in [1.54, 1.807) is 6.07 Å². The zero-order valence-corrected chi connectivity index (χ0v) is 11.0. The lowest BCUT2D eigenvalue weighted by atomic mass is 9.85. The van der Waals surface area contributed by atoms with E-state index < -0.39 is 0 Å². The molecule has 0 spiro atoms. The highest BCUT2D eigenvalue weighted by molar-refractivity contribution is 5.23. The van der Waals surface area contributed by atoms with Crippen LogP contribution < -0.4 is 4.74 Å². The molecule has 1 heterocycles. The van der Waals surface area contributed by atoms with E-state index in [1.807, 2.05) is 13.0 Å². The van der Waals surface area contributed by atoms with E-state index in [-0.39, 0.29) is 6.10 Å². The second-order valence-electron chi connectivity index (χ2n) is 4.90. The number of aryl methyl sites for hydroxylation is 1. The smallest absolute Gasteiger partial charge is 0.318 e. The zero-order chi connectivity index (χ0) is 13.0. The molecular formula is C14H19N3O. The number of nitrogens with zero attached hydrogens (tertiary/aromatic N) is 3. The van der Waals surface area contributed by atoms with Gasteiger partial charge in [0, 0.05) is 5.69 Å². The molecule has 1 aliphatic carbocycles. The molecule has 0 aromatic carbocycles. The van der Waals surface area contributed by atoms with Gasteiger partial charge in [-0.05, 0) is 44.6 Å². The number of rotatable bonds is 3. The SMILES string of the molecule is CCC1CCCCC1Oc1nc(C)cc(C#N)n1. The summed E-state index contributed by atoms with van der Waals surface area (Å²) in [4.78, 5) is 8.38. The third-order valence-corrected chi connectivity index (χ3v) is 3.57. The Bertz CT molecular complexity index is 453. The number of ether oxygens (including phenoxy) is 1. The summed E-state index contributed by atoms with van der Waals surface area (Å²) in [5.41, 5.74) is 1.15. The van der Waals surface area contributed by atoms with E-state index >= 15 is 0 Å². The lowest BCUT2D eigenvalue weighted by molar-refractivity contribution is 0.0807. The molecule has 18 heavy (non-hydrogen) atoms. The molecule has 1 aliphatic rings. The molecule has 1 aromatic heterocycles. The van der Waals surface area contributed by atoms with Gasteiger partial charge in [-0.25, -0.2) is 4.98 Å². The van der Waals surface area contributed by atoms with Crippen LogP contribution in [-0.2, 0) is 0 Å². The average molecular weight is 245 g/mol. The van der Waals surface area contributed by atoms with E-state index in [1.165, 1.54) is 19.3 Å². The van der Waals surface area contributed by atoms with Gasteiger partial charge in [-0.2, -0.15) is 10.2 Å². The highest BCUT2D eigenvalue weighted by Crippen LogP contribution is 2.29. The Morgan fingerprint density at radius 1 is 1.39 bits per heavy atom. The topological polar surface area (TPSA) is 58.8 Å². The minimum Gasteiger partial charge on any atom is -0.460 e. The molecule has 2 rings (SSSR count). The van der Waals surface area contributed by atoms with Crippen molar-refractivity contribution in [3.8, 4) is 12.1 Å². The molecule has 4 heteroatoms. The molecule has 0 N–H and O–H groups in total. The first-order valence-electron chi connectivity index (χ1n) is 6.65. The molecule has 2 atom stereocenters. The Morgan fingerprint density at radius 2 is 2.17 bits per heavy atom. The minimum atomic E-state index is 0.206. The summed E-state index contributed by atoms with van der Waals surface area (Å²) in [5, 5.41) is 8.89. The van der Waals surface area contributed by atoms with Gasteiger partial charge in [-0.15, -0.1) is 0 Å². The van der Waals surface area contributed by atoms with E-state index in [0.29, 0.717) is 17.6 Å². The number of nitriles is 1. The lowest BCUT2D eigenvalue weighted by Gasteiger charge is -2.30. The zero-order valence-electron chi connectivity index (χ0n) is 11.0.